The van der Waals surface area contributed by atoms with E-state index in [0.29, 0.717) is 5.56 Å². The van der Waals surface area contributed by atoms with Gasteiger partial charge >= 0.3 is 0 Å². The molecule has 0 saturated heterocycles. The molecule has 0 aliphatic carbocycles. The maximum atomic E-state index is 13.0. The number of nitrogens with zero attached hydrogens (tertiary/aromatic N) is 2. The molecule has 0 aliphatic rings. The number of hydrazone groups is 1. The summed E-state index contributed by atoms with van der Waals surface area (Å²) in [5, 5.41) is 8.98. The lowest BCUT2D eigenvalue weighted by Crippen LogP contribution is -2.32. The molecule has 35 heavy (non-hydrogen) atoms. The fourth-order valence-electron chi connectivity index (χ4n) is 3.56. The molecule has 0 aromatic heterocycles. The standard InChI is InChI=1S/C29H26N4O2/c1-33(2)25-17-15-21(16-18-25)19-27(31-28(34)23-10-4-3-5-11-23)29(35)32-30-20-24-13-8-12-22-9-6-7-14-26(22)24/h3-20H,1-2H3,(H,31,34)(H,32,35)/b27-19-,30-20+. The van der Waals surface area contributed by atoms with E-state index < -0.39 is 5.91 Å². The Morgan fingerprint density at radius 3 is 2.23 bits per heavy atom. The molecule has 0 heterocycles. The summed E-state index contributed by atoms with van der Waals surface area (Å²) in [6, 6.07) is 30.3. The number of benzene rings is 4. The predicted molar refractivity (Wildman–Crippen MR) is 142 cm³/mol. The van der Waals surface area contributed by atoms with Crippen molar-refractivity contribution in [3.05, 3.63) is 119 Å². The Balaban J connectivity index is 1.57. The topological polar surface area (TPSA) is 73.8 Å². The zero-order chi connectivity index (χ0) is 24.6. The average Bonchev–Trinajstić information content (AvgIpc) is 2.89. The van der Waals surface area contributed by atoms with Crippen LogP contribution >= 0.6 is 0 Å². The fourth-order valence-corrected chi connectivity index (χ4v) is 3.56. The van der Waals surface area contributed by atoms with Gasteiger partial charge in [-0.15, -0.1) is 0 Å². The molecule has 4 aromatic rings. The van der Waals surface area contributed by atoms with E-state index >= 15 is 0 Å². The molecular weight excluding hydrogens is 436 g/mol. The molecule has 0 radical (unpaired) electrons. The summed E-state index contributed by atoms with van der Waals surface area (Å²) in [6.45, 7) is 0. The van der Waals surface area contributed by atoms with Gasteiger partial charge in [0.1, 0.15) is 5.70 Å². The summed E-state index contributed by atoms with van der Waals surface area (Å²) in [5.41, 5.74) is 5.76. The lowest BCUT2D eigenvalue weighted by Gasteiger charge is -2.12. The first kappa shape index (κ1) is 23.4. The number of carbonyl (C=O) groups is 2. The monoisotopic (exact) mass is 462 g/mol. The third-order valence-corrected chi connectivity index (χ3v) is 5.44. The zero-order valence-electron chi connectivity index (χ0n) is 19.6. The molecule has 174 valence electrons. The minimum Gasteiger partial charge on any atom is -0.378 e. The maximum Gasteiger partial charge on any atom is 0.287 e. The van der Waals surface area contributed by atoms with Gasteiger partial charge in [0.2, 0.25) is 0 Å². The first-order valence-electron chi connectivity index (χ1n) is 11.2. The third kappa shape index (κ3) is 6.00. The summed E-state index contributed by atoms with van der Waals surface area (Å²) >= 11 is 0. The van der Waals surface area contributed by atoms with E-state index in [0.717, 1.165) is 27.6 Å². The second kappa shape index (κ2) is 10.9. The van der Waals surface area contributed by atoms with Crippen LogP contribution in [0.4, 0.5) is 5.69 Å². The second-order valence-electron chi connectivity index (χ2n) is 8.13. The third-order valence-electron chi connectivity index (χ3n) is 5.44. The molecule has 4 aromatic carbocycles. The highest BCUT2D eigenvalue weighted by Gasteiger charge is 2.14. The van der Waals surface area contributed by atoms with Gasteiger partial charge in [-0.05, 0) is 46.7 Å². The Labute approximate surface area is 204 Å². The highest BCUT2D eigenvalue weighted by Crippen LogP contribution is 2.17. The van der Waals surface area contributed by atoms with Crippen LogP contribution in [-0.2, 0) is 4.79 Å². The molecule has 0 spiro atoms. The Kier molecular flexibility index (Phi) is 7.33. The number of hydrogen-bond donors (Lipinski definition) is 2. The zero-order valence-corrected chi connectivity index (χ0v) is 19.6. The number of fused-ring (bicyclic) bond motifs is 1. The van der Waals surface area contributed by atoms with Gasteiger partial charge in [-0.2, -0.15) is 5.10 Å². The van der Waals surface area contributed by atoms with Gasteiger partial charge in [0, 0.05) is 30.9 Å². The number of nitrogens with one attached hydrogen (secondary N) is 2. The van der Waals surface area contributed by atoms with Crippen LogP contribution in [0.1, 0.15) is 21.5 Å². The molecule has 2 amide bonds. The molecule has 0 unspecified atom stereocenters. The minimum atomic E-state index is -0.526. The first-order valence-corrected chi connectivity index (χ1v) is 11.2. The number of rotatable bonds is 7. The lowest BCUT2D eigenvalue weighted by molar-refractivity contribution is -0.117. The minimum absolute atomic E-state index is 0.0894. The van der Waals surface area contributed by atoms with Crippen molar-refractivity contribution in [3.63, 3.8) is 0 Å². The Bertz CT molecular complexity index is 1390. The van der Waals surface area contributed by atoms with E-state index in [-0.39, 0.29) is 11.6 Å². The molecule has 0 saturated carbocycles. The van der Waals surface area contributed by atoms with E-state index in [9.17, 15) is 9.59 Å². The Morgan fingerprint density at radius 1 is 0.800 bits per heavy atom. The van der Waals surface area contributed by atoms with E-state index in [1.54, 1.807) is 36.6 Å². The van der Waals surface area contributed by atoms with E-state index in [4.69, 9.17) is 0 Å². The van der Waals surface area contributed by atoms with Gasteiger partial charge in [-0.1, -0.05) is 72.8 Å². The molecule has 0 fully saturated rings. The normalized spacial score (nSPS) is 11.4. The number of amides is 2. The van der Waals surface area contributed by atoms with Crippen molar-refractivity contribution in [2.45, 2.75) is 0 Å². The summed E-state index contributed by atoms with van der Waals surface area (Å²) in [6.07, 6.45) is 3.23. The van der Waals surface area contributed by atoms with E-state index in [1.807, 2.05) is 91.8 Å². The summed E-state index contributed by atoms with van der Waals surface area (Å²) < 4.78 is 0. The van der Waals surface area contributed by atoms with Gasteiger partial charge in [-0.25, -0.2) is 5.43 Å². The van der Waals surface area contributed by atoms with Crippen LogP contribution in [0, 0.1) is 0 Å². The van der Waals surface area contributed by atoms with E-state index in [1.165, 1.54) is 0 Å². The molecule has 0 aliphatic heterocycles. The van der Waals surface area contributed by atoms with Crippen molar-refractivity contribution in [2.75, 3.05) is 19.0 Å². The summed E-state index contributed by atoms with van der Waals surface area (Å²) in [5.74, 6) is -0.905. The second-order valence-corrected chi connectivity index (χ2v) is 8.13. The van der Waals surface area contributed by atoms with Gasteiger partial charge in [-0.3, -0.25) is 9.59 Å². The van der Waals surface area contributed by atoms with Gasteiger partial charge in [0.15, 0.2) is 0 Å². The molecule has 0 atom stereocenters. The molecule has 4 rings (SSSR count). The maximum absolute atomic E-state index is 13.0. The first-order chi connectivity index (χ1) is 17.0. The molecular formula is C29H26N4O2. The smallest absolute Gasteiger partial charge is 0.287 e. The number of carbonyl (C=O) groups excluding carboxylic acids is 2. The van der Waals surface area contributed by atoms with Crippen molar-refractivity contribution >= 4 is 40.6 Å². The van der Waals surface area contributed by atoms with Crippen molar-refractivity contribution in [1.82, 2.24) is 10.7 Å². The fraction of sp³-hybridized carbons (Fsp3) is 0.0690. The highest BCUT2D eigenvalue weighted by molar-refractivity contribution is 6.06. The summed E-state index contributed by atoms with van der Waals surface area (Å²) in [4.78, 5) is 27.8. The van der Waals surface area contributed by atoms with Crippen LogP contribution in [-0.4, -0.2) is 32.1 Å². The highest BCUT2D eigenvalue weighted by atomic mass is 16.2. The molecule has 6 nitrogen and oxygen atoms in total. The van der Waals surface area contributed by atoms with Crippen molar-refractivity contribution in [3.8, 4) is 0 Å². The van der Waals surface area contributed by atoms with Crippen LogP contribution in [0.2, 0.25) is 0 Å². The summed E-state index contributed by atoms with van der Waals surface area (Å²) in [7, 11) is 3.91. The van der Waals surface area contributed by atoms with Crippen LogP contribution in [0.3, 0.4) is 0 Å². The van der Waals surface area contributed by atoms with Crippen LogP contribution in [0.25, 0.3) is 16.8 Å². The van der Waals surface area contributed by atoms with Gasteiger partial charge in [0.25, 0.3) is 11.8 Å². The SMILES string of the molecule is CN(C)c1ccc(/C=C(\NC(=O)c2ccccc2)C(=O)N/N=C/c2cccc3ccccc23)cc1. The Hall–Kier alpha value is -4.71. The molecule has 6 heteroatoms. The van der Waals surface area contributed by atoms with Crippen LogP contribution in [0.5, 0.6) is 0 Å². The van der Waals surface area contributed by atoms with Crippen LogP contribution < -0.4 is 15.6 Å². The largest absolute Gasteiger partial charge is 0.378 e. The van der Waals surface area contributed by atoms with Gasteiger partial charge in [0.05, 0.1) is 6.21 Å². The van der Waals surface area contributed by atoms with Crippen molar-refractivity contribution in [1.29, 1.82) is 0 Å². The molecule has 0 bridgehead atoms. The van der Waals surface area contributed by atoms with Gasteiger partial charge < -0.3 is 10.2 Å². The predicted octanol–water partition coefficient (Wildman–Crippen LogP) is 4.83. The van der Waals surface area contributed by atoms with Crippen molar-refractivity contribution in [2.24, 2.45) is 5.10 Å². The quantitative estimate of drug-likeness (QED) is 0.235. The average molecular weight is 463 g/mol. The number of hydrogen-bond acceptors (Lipinski definition) is 4. The molecule has 2 N–H and O–H groups in total. The lowest BCUT2D eigenvalue weighted by atomic mass is 10.1. The Morgan fingerprint density at radius 2 is 1.49 bits per heavy atom. The van der Waals surface area contributed by atoms with E-state index in [2.05, 4.69) is 15.8 Å². The number of anilines is 1. The van der Waals surface area contributed by atoms with Crippen molar-refractivity contribution < 1.29 is 9.59 Å². The van der Waals surface area contributed by atoms with Crippen LogP contribution in [0.15, 0.2) is 108 Å².